The van der Waals surface area contributed by atoms with Gasteiger partial charge in [-0.15, -0.1) is 12.4 Å². The van der Waals surface area contributed by atoms with Gasteiger partial charge in [-0.1, -0.05) is 0 Å². The molecule has 1 aliphatic rings. The van der Waals surface area contributed by atoms with E-state index in [-0.39, 0.29) is 18.3 Å². The average Bonchev–Trinajstić information content (AvgIpc) is 1.86. The molecule has 0 saturated carbocycles. The summed E-state index contributed by atoms with van der Waals surface area (Å²) >= 11 is 0. The van der Waals surface area contributed by atoms with E-state index < -0.39 is 0 Å². The highest BCUT2D eigenvalue weighted by Gasteiger charge is 2.00. The molecular formula is C4H6ClNO. The quantitative estimate of drug-likeness (QED) is 0.464. The molecule has 0 N–H and O–H groups in total. The maximum Gasteiger partial charge on any atom is 0.245 e. The standard InChI is InChI=1S/C4H5NO.ClH/c6-4-2-1-3-5-4;/h3H,1-2H2;1H. The van der Waals surface area contributed by atoms with Crippen LogP contribution in [0, 0.1) is 0 Å². The van der Waals surface area contributed by atoms with Gasteiger partial charge in [-0.25, -0.2) is 4.99 Å². The summed E-state index contributed by atoms with van der Waals surface area (Å²) < 4.78 is 0. The Balaban J connectivity index is 0.000000360. The first-order valence-corrected chi connectivity index (χ1v) is 1.95. The van der Waals surface area contributed by atoms with E-state index in [4.69, 9.17) is 0 Å². The number of hydrogen-bond donors (Lipinski definition) is 0. The van der Waals surface area contributed by atoms with Crippen molar-refractivity contribution in [3.8, 4) is 0 Å². The Morgan fingerprint density at radius 3 is 2.57 bits per heavy atom. The van der Waals surface area contributed by atoms with E-state index in [0.717, 1.165) is 6.42 Å². The number of nitrogens with zero attached hydrogens (tertiary/aromatic N) is 1. The first-order valence-electron chi connectivity index (χ1n) is 1.95. The summed E-state index contributed by atoms with van der Waals surface area (Å²) in [5.74, 6) is 0.0231. The van der Waals surface area contributed by atoms with Crippen molar-refractivity contribution < 1.29 is 4.79 Å². The van der Waals surface area contributed by atoms with Gasteiger partial charge >= 0.3 is 0 Å². The number of hydrogen-bond acceptors (Lipinski definition) is 1. The number of amides is 1. The van der Waals surface area contributed by atoms with E-state index in [1.165, 1.54) is 0 Å². The van der Waals surface area contributed by atoms with Gasteiger partial charge in [-0.05, 0) is 6.42 Å². The first-order chi connectivity index (χ1) is 2.89. The Bertz CT molecular complexity index is 99.9. The molecule has 0 aromatic rings. The summed E-state index contributed by atoms with van der Waals surface area (Å²) in [4.78, 5) is 13.5. The lowest BCUT2D eigenvalue weighted by Crippen LogP contribution is -1.79. The fraction of sp³-hybridized carbons (Fsp3) is 0.500. The van der Waals surface area contributed by atoms with Crippen LogP contribution in [0.5, 0.6) is 0 Å². The molecule has 1 heterocycles. The minimum Gasteiger partial charge on any atom is -0.273 e. The fourth-order valence-electron chi connectivity index (χ4n) is 0.419. The molecule has 0 fully saturated rings. The molecule has 0 bridgehead atoms. The molecule has 0 saturated heterocycles. The van der Waals surface area contributed by atoms with E-state index in [2.05, 4.69) is 4.99 Å². The highest BCUT2D eigenvalue weighted by Crippen LogP contribution is 1.95. The Morgan fingerprint density at radius 1 is 1.71 bits per heavy atom. The van der Waals surface area contributed by atoms with Crippen molar-refractivity contribution >= 4 is 24.5 Å². The van der Waals surface area contributed by atoms with Gasteiger partial charge in [0.25, 0.3) is 0 Å². The summed E-state index contributed by atoms with van der Waals surface area (Å²) in [6.45, 7) is 0. The number of aliphatic imine (C=N–C) groups is 1. The second kappa shape index (κ2) is 2.75. The molecule has 1 aliphatic heterocycles. The van der Waals surface area contributed by atoms with Gasteiger partial charge in [0.1, 0.15) is 0 Å². The van der Waals surface area contributed by atoms with Crippen LogP contribution in [0.15, 0.2) is 4.99 Å². The molecule has 2 nitrogen and oxygen atoms in total. The van der Waals surface area contributed by atoms with Gasteiger partial charge in [-0.3, -0.25) is 4.79 Å². The van der Waals surface area contributed by atoms with Crippen LogP contribution in [-0.2, 0) is 4.79 Å². The summed E-state index contributed by atoms with van der Waals surface area (Å²) in [5.41, 5.74) is 0. The van der Waals surface area contributed by atoms with E-state index in [1.54, 1.807) is 6.21 Å². The van der Waals surface area contributed by atoms with E-state index in [9.17, 15) is 4.79 Å². The van der Waals surface area contributed by atoms with Crippen LogP contribution in [0.25, 0.3) is 0 Å². The minimum atomic E-state index is 0. The Hall–Kier alpha value is -0.370. The summed E-state index contributed by atoms with van der Waals surface area (Å²) in [7, 11) is 0. The lowest BCUT2D eigenvalue weighted by atomic mass is 10.4. The third kappa shape index (κ3) is 1.69. The molecule has 0 radical (unpaired) electrons. The van der Waals surface area contributed by atoms with Crippen molar-refractivity contribution in [3.05, 3.63) is 0 Å². The van der Waals surface area contributed by atoms with Gasteiger partial charge in [-0.2, -0.15) is 0 Å². The monoisotopic (exact) mass is 119 g/mol. The van der Waals surface area contributed by atoms with Gasteiger partial charge in [0.15, 0.2) is 0 Å². The topological polar surface area (TPSA) is 29.4 Å². The van der Waals surface area contributed by atoms with Crippen LogP contribution >= 0.6 is 12.4 Å². The first kappa shape index (κ1) is 6.63. The molecule has 1 rings (SSSR count). The predicted molar refractivity (Wildman–Crippen MR) is 30.0 cm³/mol. The van der Waals surface area contributed by atoms with E-state index in [1.807, 2.05) is 0 Å². The third-order valence-electron chi connectivity index (χ3n) is 0.723. The lowest BCUT2D eigenvalue weighted by Gasteiger charge is -1.69. The highest BCUT2D eigenvalue weighted by atomic mass is 35.5. The molecule has 0 aliphatic carbocycles. The number of carbonyl (C=O) groups excluding carboxylic acids is 1. The SMILES string of the molecule is Cl.O=C1CCC=N1. The van der Waals surface area contributed by atoms with Crippen molar-refractivity contribution in [3.63, 3.8) is 0 Å². The number of carbonyl (C=O) groups is 1. The lowest BCUT2D eigenvalue weighted by molar-refractivity contribution is -0.117. The van der Waals surface area contributed by atoms with Crippen LogP contribution in [-0.4, -0.2) is 12.1 Å². The Labute approximate surface area is 48.0 Å². The van der Waals surface area contributed by atoms with E-state index in [0.29, 0.717) is 6.42 Å². The largest absolute Gasteiger partial charge is 0.273 e. The van der Waals surface area contributed by atoms with Crippen LogP contribution in [0.4, 0.5) is 0 Å². The summed E-state index contributed by atoms with van der Waals surface area (Å²) in [6, 6.07) is 0. The van der Waals surface area contributed by atoms with Crippen molar-refractivity contribution in [2.75, 3.05) is 0 Å². The van der Waals surface area contributed by atoms with Crippen LogP contribution in [0.1, 0.15) is 12.8 Å². The van der Waals surface area contributed by atoms with Crippen LogP contribution in [0.3, 0.4) is 0 Å². The van der Waals surface area contributed by atoms with Gasteiger partial charge in [0.2, 0.25) is 5.91 Å². The summed E-state index contributed by atoms with van der Waals surface area (Å²) in [6.07, 6.45) is 3.13. The van der Waals surface area contributed by atoms with Crippen molar-refractivity contribution in [1.82, 2.24) is 0 Å². The number of halogens is 1. The molecule has 1 amide bonds. The maximum absolute atomic E-state index is 10.0. The molecule has 0 aromatic carbocycles. The third-order valence-corrected chi connectivity index (χ3v) is 0.723. The zero-order valence-electron chi connectivity index (χ0n) is 3.76. The molecule has 40 valence electrons. The average molecular weight is 120 g/mol. The van der Waals surface area contributed by atoms with Gasteiger partial charge in [0.05, 0.1) is 0 Å². The van der Waals surface area contributed by atoms with E-state index >= 15 is 0 Å². The van der Waals surface area contributed by atoms with Gasteiger partial charge < -0.3 is 0 Å². The van der Waals surface area contributed by atoms with Gasteiger partial charge in [0, 0.05) is 12.6 Å². The van der Waals surface area contributed by atoms with Crippen LogP contribution < -0.4 is 0 Å². The summed E-state index contributed by atoms with van der Waals surface area (Å²) in [5, 5.41) is 0. The number of rotatable bonds is 0. The zero-order chi connectivity index (χ0) is 4.41. The molecular weight excluding hydrogens is 114 g/mol. The highest BCUT2D eigenvalue weighted by molar-refractivity contribution is 5.91. The Kier molecular flexibility index (Phi) is 2.60. The zero-order valence-corrected chi connectivity index (χ0v) is 4.57. The fourth-order valence-corrected chi connectivity index (χ4v) is 0.419. The molecule has 0 unspecified atom stereocenters. The smallest absolute Gasteiger partial charge is 0.245 e. The normalized spacial score (nSPS) is 16.9. The predicted octanol–water partition coefficient (Wildman–Crippen LogP) is 0.799. The molecule has 7 heavy (non-hydrogen) atoms. The van der Waals surface area contributed by atoms with Crippen molar-refractivity contribution in [2.24, 2.45) is 4.99 Å². The second-order valence-corrected chi connectivity index (χ2v) is 1.24. The maximum atomic E-state index is 10.0. The van der Waals surface area contributed by atoms with Crippen molar-refractivity contribution in [2.45, 2.75) is 12.8 Å². The molecule has 0 spiro atoms. The molecule has 3 heteroatoms. The molecule has 0 atom stereocenters. The minimum absolute atomic E-state index is 0. The molecule has 0 aromatic heterocycles. The van der Waals surface area contributed by atoms with Crippen LogP contribution in [0.2, 0.25) is 0 Å². The van der Waals surface area contributed by atoms with Crippen molar-refractivity contribution in [1.29, 1.82) is 0 Å². The Morgan fingerprint density at radius 2 is 2.43 bits per heavy atom. The second-order valence-electron chi connectivity index (χ2n) is 1.24.